The Kier molecular flexibility index (Phi) is 2.41. The molecule has 0 saturated heterocycles. The van der Waals surface area contributed by atoms with E-state index in [0.29, 0.717) is 16.6 Å². The lowest BCUT2D eigenvalue weighted by molar-refractivity contribution is 0.943. The largest absolute Gasteiger partial charge is 0.369 e. The zero-order chi connectivity index (χ0) is 11.7. The molecule has 5 nitrogen and oxygen atoms in total. The Balaban J connectivity index is 2.84. The molecule has 3 N–H and O–H groups in total. The van der Waals surface area contributed by atoms with E-state index in [1.54, 1.807) is 10.8 Å². The maximum atomic E-state index is 11.7. The van der Waals surface area contributed by atoms with Crippen LogP contribution in [0.2, 0.25) is 0 Å². The number of nitrogens with one attached hydrogen (secondary N) is 1. The van der Waals surface area contributed by atoms with Crippen molar-refractivity contribution in [2.45, 2.75) is 13.3 Å². The van der Waals surface area contributed by atoms with Crippen LogP contribution < -0.4 is 11.3 Å². The van der Waals surface area contributed by atoms with Gasteiger partial charge >= 0.3 is 0 Å². The van der Waals surface area contributed by atoms with E-state index in [0.717, 1.165) is 6.42 Å². The van der Waals surface area contributed by atoms with Crippen molar-refractivity contribution in [3.63, 3.8) is 0 Å². The zero-order valence-electron chi connectivity index (χ0n) is 9.16. The van der Waals surface area contributed by atoms with Crippen molar-refractivity contribution in [1.29, 1.82) is 0 Å². The number of aromatic amines is 1. The normalized spacial score (nSPS) is 10.1. The van der Waals surface area contributed by atoms with Crippen LogP contribution in [0.1, 0.15) is 18.9 Å². The zero-order valence-corrected chi connectivity index (χ0v) is 9.16. The molecule has 0 spiro atoms. The van der Waals surface area contributed by atoms with Crippen LogP contribution in [0.3, 0.4) is 0 Å². The first kappa shape index (κ1) is 10.3. The molecule has 0 atom stereocenters. The van der Waals surface area contributed by atoms with E-state index >= 15 is 0 Å². The third-order valence-electron chi connectivity index (χ3n) is 2.24. The Bertz CT molecular complexity index is 654. The minimum atomic E-state index is -0.247. The molecular weight excluding hydrogens is 204 g/mol. The van der Waals surface area contributed by atoms with Gasteiger partial charge in [-0.1, -0.05) is 18.8 Å². The number of hydrogen-bond acceptors (Lipinski definition) is 3. The second kappa shape index (κ2) is 3.74. The molecule has 82 valence electrons. The average Bonchev–Trinajstić information content (AvgIpc) is 2.53. The van der Waals surface area contributed by atoms with Crippen LogP contribution in [0.25, 0.3) is 11.0 Å². The summed E-state index contributed by atoms with van der Waals surface area (Å²) in [7, 11) is 1.81. The number of H-pyrrole nitrogens is 1. The number of nitrogens with zero attached hydrogens (tertiary/aromatic N) is 2. The van der Waals surface area contributed by atoms with Crippen LogP contribution in [0, 0.1) is 11.8 Å². The summed E-state index contributed by atoms with van der Waals surface area (Å²) in [4.78, 5) is 18.3. The number of nitrogens with two attached hydrogens (primary N) is 1. The molecule has 2 heterocycles. The highest BCUT2D eigenvalue weighted by Crippen LogP contribution is 2.14. The maximum Gasteiger partial charge on any atom is 0.263 e. The topological polar surface area (TPSA) is 76.7 Å². The molecule has 0 radical (unpaired) electrons. The van der Waals surface area contributed by atoms with E-state index in [4.69, 9.17) is 5.73 Å². The minimum Gasteiger partial charge on any atom is -0.369 e. The van der Waals surface area contributed by atoms with Gasteiger partial charge in [-0.25, -0.2) is 0 Å². The summed E-state index contributed by atoms with van der Waals surface area (Å²) >= 11 is 0. The summed E-state index contributed by atoms with van der Waals surface area (Å²) in [5, 5.41) is 0.498. The van der Waals surface area contributed by atoms with Crippen molar-refractivity contribution in [3.05, 3.63) is 22.1 Å². The lowest BCUT2D eigenvalue weighted by Gasteiger charge is -1.95. The molecule has 16 heavy (non-hydrogen) atoms. The third-order valence-corrected chi connectivity index (χ3v) is 2.24. The molecule has 0 saturated carbocycles. The van der Waals surface area contributed by atoms with Gasteiger partial charge in [0.2, 0.25) is 5.95 Å². The Hall–Kier alpha value is -2.22. The number of nitrogen functional groups attached to an aromatic ring is 1. The molecule has 0 bridgehead atoms. The molecule has 0 amide bonds. The predicted molar refractivity (Wildman–Crippen MR) is 62.9 cm³/mol. The number of fused-ring (bicyclic) bond motifs is 1. The van der Waals surface area contributed by atoms with Crippen molar-refractivity contribution in [1.82, 2.24) is 14.5 Å². The first-order chi connectivity index (χ1) is 7.63. The summed E-state index contributed by atoms with van der Waals surface area (Å²) in [6, 6.07) is 0. The number of aromatic nitrogens is 3. The van der Waals surface area contributed by atoms with Crippen LogP contribution in [0.5, 0.6) is 0 Å². The number of aryl methyl sites for hydroxylation is 1. The molecule has 5 heteroatoms. The molecule has 0 aliphatic carbocycles. The van der Waals surface area contributed by atoms with Crippen LogP contribution in [-0.2, 0) is 7.05 Å². The SMILES string of the molecule is CCC#Cc1cn(C)c2nc(N)[nH]c(=O)c12. The quantitative estimate of drug-likeness (QED) is 0.633. The first-order valence-corrected chi connectivity index (χ1v) is 4.97. The molecule has 0 aliphatic heterocycles. The van der Waals surface area contributed by atoms with Crippen molar-refractivity contribution < 1.29 is 0 Å². The summed E-state index contributed by atoms with van der Waals surface area (Å²) in [5.41, 5.74) is 6.49. The van der Waals surface area contributed by atoms with Gasteiger partial charge in [0.25, 0.3) is 5.56 Å². The number of anilines is 1. The van der Waals surface area contributed by atoms with Crippen LogP contribution >= 0.6 is 0 Å². The van der Waals surface area contributed by atoms with E-state index in [1.165, 1.54) is 0 Å². The molecule has 2 rings (SSSR count). The van der Waals surface area contributed by atoms with Crippen LogP contribution in [0.4, 0.5) is 5.95 Å². The lowest BCUT2D eigenvalue weighted by atomic mass is 10.2. The van der Waals surface area contributed by atoms with Crippen LogP contribution in [-0.4, -0.2) is 14.5 Å². The van der Waals surface area contributed by atoms with Gasteiger partial charge in [0.05, 0.1) is 10.9 Å². The van der Waals surface area contributed by atoms with Gasteiger partial charge in [-0.15, -0.1) is 0 Å². The summed E-state index contributed by atoms with van der Waals surface area (Å²) < 4.78 is 1.75. The van der Waals surface area contributed by atoms with Gasteiger partial charge in [-0.3, -0.25) is 9.78 Å². The summed E-state index contributed by atoms with van der Waals surface area (Å²) in [6.45, 7) is 1.96. The predicted octanol–water partition coefficient (Wildman–Crippen LogP) is 0.605. The van der Waals surface area contributed by atoms with Gasteiger partial charge in [-0.2, -0.15) is 4.98 Å². The van der Waals surface area contributed by atoms with Crippen molar-refractivity contribution in [2.24, 2.45) is 7.05 Å². The molecule has 0 aliphatic rings. The van der Waals surface area contributed by atoms with Gasteiger partial charge < -0.3 is 10.3 Å². The summed E-state index contributed by atoms with van der Waals surface area (Å²) in [5.74, 6) is 6.00. The number of hydrogen-bond donors (Lipinski definition) is 2. The molecular formula is C11H12N4O. The highest BCUT2D eigenvalue weighted by molar-refractivity contribution is 5.83. The van der Waals surface area contributed by atoms with E-state index in [1.807, 2.05) is 14.0 Å². The van der Waals surface area contributed by atoms with Gasteiger partial charge in [0.1, 0.15) is 0 Å². The summed E-state index contributed by atoms with van der Waals surface area (Å²) in [6.07, 6.45) is 2.53. The van der Waals surface area contributed by atoms with Crippen molar-refractivity contribution in [3.8, 4) is 11.8 Å². The van der Waals surface area contributed by atoms with E-state index in [9.17, 15) is 4.79 Å². The molecule has 0 fully saturated rings. The van der Waals surface area contributed by atoms with Gasteiger partial charge in [0.15, 0.2) is 5.65 Å². The van der Waals surface area contributed by atoms with Crippen molar-refractivity contribution in [2.75, 3.05) is 5.73 Å². The monoisotopic (exact) mass is 216 g/mol. The molecule has 2 aromatic rings. The molecule has 0 aromatic carbocycles. The first-order valence-electron chi connectivity index (χ1n) is 4.97. The second-order valence-electron chi connectivity index (χ2n) is 3.46. The van der Waals surface area contributed by atoms with Crippen LogP contribution in [0.15, 0.2) is 11.0 Å². The molecule has 0 unspecified atom stereocenters. The Labute approximate surface area is 92.3 Å². The third kappa shape index (κ3) is 1.54. The Morgan fingerprint density at radius 1 is 1.62 bits per heavy atom. The maximum absolute atomic E-state index is 11.7. The Morgan fingerprint density at radius 3 is 3.06 bits per heavy atom. The highest BCUT2D eigenvalue weighted by atomic mass is 16.1. The van der Waals surface area contributed by atoms with E-state index < -0.39 is 0 Å². The Morgan fingerprint density at radius 2 is 2.38 bits per heavy atom. The van der Waals surface area contributed by atoms with Gasteiger partial charge in [0, 0.05) is 19.7 Å². The fraction of sp³-hybridized carbons (Fsp3) is 0.273. The van der Waals surface area contributed by atoms with Crippen molar-refractivity contribution >= 4 is 17.0 Å². The number of rotatable bonds is 0. The highest BCUT2D eigenvalue weighted by Gasteiger charge is 2.10. The van der Waals surface area contributed by atoms with Gasteiger partial charge in [-0.05, 0) is 0 Å². The average molecular weight is 216 g/mol. The molecule has 2 aromatic heterocycles. The standard InChI is InChI=1S/C11H12N4O/c1-3-4-5-7-6-15(2)9-8(7)10(16)14-11(12)13-9/h6H,3H2,1-2H3,(H3,12,13,14,16). The fourth-order valence-electron chi connectivity index (χ4n) is 1.57. The smallest absolute Gasteiger partial charge is 0.263 e. The second-order valence-corrected chi connectivity index (χ2v) is 3.46. The van der Waals surface area contributed by atoms with E-state index in [-0.39, 0.29) is 11.5 Å². The van der Waals surface area contributed by atoms with E-state index in [2.05, 4.69) is 21.8 Å². The minimum absolute atomic E-state index is 0.119. The fourth-order valence-corrected chi connectivity index (χ4v) is 1.57. The lowest BCUT2D eigenvalue weighted by Crippen LogP contribution is -2.11.